The van der Waals surface area contributed by atoms with Gasteiger partial charge in [0.2, 0.25) is 0 Å². The Balaban J connectivity index is 2.26. The van der Waals surface area contributed by atoms with Crippen LogP contribution in [0.5, 0.6) is 0 Å². The van der Waals surface area contributed by atoms with Gasteiger partial charge >= 0.3 is 6.18 Å². The molecule has 0 heterocycles. The minimum atomic E-state index is -4.59. The molecule has 1 aliphatic carbocycles. The molecule has 3 N–H and O–H groups in total. The van der Waals surface area contributed by atoms with Crippen LogP contribution in [0.1, 0.15) is 19.3 Å². The van der Waals surface area contributed by atoms with Gasteiger partial charge in [0.1, 0.15) is 0 Å². The number of halogens is 3. The maximum Gasteiger partial charge on any atom is 0.415 e. The number of rotatable bonds is 3. The van der Waals surface area contributed by atoms with Crippen molar-refractivity contribution in [3.05, 3.63) is 0 Å². The lowest BCUT2D eigenvalue weighted by atomic mass is 10.2. The molecule has 0 spiro atoms. The molecule has 6 heteroatoms. The number of hydrogen-bond acceptors (Lipinski definition) is 3. The summed E-state index contributed by atoms with van der Waals surface area (Å²) in [4.78, 5) is 0. The summed E-state index contributed by atoms with van der Waals surface area (Å²) >= 11 is 0. The van der Waals surface area contributed by atoms with Crippen molar-refractivity contribution < 1.29 is 23.4 Å². The summed E-state index contributed by atoms with van der Waals surface area (Å²) in [6.07, 6.45) is -5.45. The van der Waals surface area contributed by atoms with Crippen molar-refractivity contribution in [2.75, 3.05) is 6.54 Å². The van der Waals surface area contributed by atoms with Gasteiger partial charge in [0.15, 0.2) is 6.10 Å². The van der Waals surface area contributed by atoms with Crippen LogP contribution in [0.2, 0.25) is 0 Å². The number of aliphatic hydroxyl groups excluding tert-OH is 2. The molecule has 1 fully saturated rings. The molecule has 0 aromatic carbocycles. The molecule has 0 bridgehead atoms. The zero-order valence-corrected chi connectivity index (χ0v) is 7.59. The predicted octanol–water partition coefficient (Wildman–Crippen LogP) is 0.413. The standard InChI is InChI=1S/C8H14F3NO2/c9-8(10,11)7(14)4-12-5-2-1-3-6(5)13/h5-7,12-14H,1-4H2/t5-,6-,7?/m1/s1. The molecule has 0 amide bonds. The molecule has 3 nitrogen and oxygen atoms in total. The van der Waals surface area contributed by atoms with Gasteiger partial charge in [0.05, 0.1) is 6.10 Å². The van der Waals surface area contributed by atoms with Crippen LogP contribution in [-0.2, 0) is 0 Å². The maximum absolute atomic E-state index is 11.9. The normalized spacial score (nSPS) is 30.6. The van der Waals surface area contributed by atoms with Crippen LogP contribution in [-0.4, -0.2) is 41.2 Å². The summed E-state index contributed by atoms with van der Waals surface area (Å²) < 4.78 is 35.6. The van der Waals surface area contributed by atoms with E-state index >= 15 is 0 Å². The Morgan fingerprint density at radius 3 is 2.43 bits per heavy atom. The molecule has 0 aromatic heterocycles. The second kappa shape index (κ2) is 4.46. The summed E-state index contributed by atoms with van der Waals surface area (Å²) in [5.74, 6) is 0. The van der Waals surface area contributed by atoms with E-state index in [1.54, 1.807) is 0 Å². The van der Waals surface area contributed by atoms with Crippen LogP contribution in [0.3, 0.4) is 0 Å². The molecule has 84 valence electrons. The fourth-order valence-corrected chi connectivity index (χ4v) is 1.56. The van der Waals surface area contributed by atoms with Crippen LogP contribution >= 0.6 is 0 Å². The fourth-order valence-electron chi connectivity index (χ4n) is 1.56. The minimum absolute atomic E-state index is 0.313. The molecule has 0 aliphatic heterocycles. The SMILES string of the molecule is OC(CN[C@@H]1CCC[C@H]1O)C(F)(F)F. The Morgan fingerprint density at radius 1 is 1.36 bits per heavy atom. The van der Waals surface area contributed by atoms with E-state index in [2.05, 4.69) is 5.32 Å². The predicted molar refractivity (Wildman–Crippen MR) is 43.7 cm³/mol. The van der Waals surface area contributed by atoms with E-state index in [9.17, 15) is 18.3 Å². The average Bonchev–Trinajstić information content (AvgIpc) is 2.45. The molecule has 0 radical (unpaired) electrons. The molecular formula is C8H14F3NO2. The lowest BCUT2D eigenvalue weighted by Gasteiger charge is -2.20. The highest BCUT2D eigenvalue weighted by atomic mass is 19.4. The van der Waals surface area contributed by atoms with E-state index in [-0.39, 0.29) is 6.04 Å². The van der Waals surface area contributed by atoms with Gasteiger partial charge in [0.25, 0.3) is 0 Å². The third kappa shape index (κ3) is 3.11. The number of nitrogens with one attached hydrogen (secondary N) is 1. The van der Waals surface area contributed by atoms with E-state index < -0.39 is 24.9 Å². The van der Waals surface area contributed by atoms with Gasteiger partial charge in [0, 0.05) is 12.6 Å². The third-order valence-corrected chi connectivity index (χ3v) is 2.43. The Morgan fingerprint density at radius 2 is 2.00 bits per heavy atom. The monoisotopic (exact) mass is 213 g/mol. The molecule has 14 heavy (non-hydrogen) atoms. The summed E-state index contributed by atoms with van der Waals surface area (Å²) in [6.45, 7) is -0.550. The molecule has 1 saturated carbocycles. The summed E-state index contributed by atoms with van der Waals surface area (Å²) in [5.41, 5.74) is 0. The Labute approximate surface area is 79.9 Å². The number of alkyl halides is 3. The Hall–Kier alpha value is -0.330. The quantitative estimate of drug-likeness (QED) is 0.636. The van der Waals surface area contributed by atoms with Gasteiger partial charge in [-0.1, -0.05) is 0 Å². The Bertz CT molecular complexity index is 184. The zero-order valence-electron chi connectivity index (χ0n) is 7.59. The lowest BCUT2D eigenvalue weighted by Crippen LogP contribution is -2.44. The van der Waals surface area contributed by atoms with Crippen molar-refractivity contribution >= 4 is 0 Å². The van der Waals surface area contributed by atoms with E-state index in [1.165, 1.54) is 0 Å². The molecular weight excluding hydrogens is 199 g/mol. The van der Waals surface area contributed by atoms with Gasteiger partial charge in [-0.25, -0.2) is 0 Å². The van der Waals surface area contributed by atoms with Crippen LogP contribution < -0.4 is 5.32 Å². The fraction of sp³-hybridized carbons (Fsp3) is 1.00. The smallest absolute Gasteiger partial charge is 0.392 e. The van der Waals surface area contributed by atoms with Crippen LogP contribution in [0, 0.1) is 0 Å². The van der Waals surface area contributed by atoms with Crippen LogP contribution in [0.25, 0.3) is 0 Å². The molecule has 0 aromatic rings. The summed E-state index contributed by atoms with van der Waals surface area (Å²) in [7, 11) is 0. The highest BCUT2D eigenvalue weighted by Crippen LogP contribution is 2.21. The van der Waals surface area contributed by atoms with Crippen molar-refractivity contribution in [1.29, 1.82) is 0 Å². The van der Waals surface area contributed by atoms with Crippen LogP contribution in [0.4, 0.5) is 13.2 Å². The van der Waals surface area contributed by atoms with Crippen molar-refractivity contribution in [3.8, 4) is 0 Å². The first-order chi connectivity index (χ1) is 6.41. The first-order valence-corrected chi connectivity index (χ1v) is 4.57. The first-order valence-electron chi connectivity index (χ1n) is 4.57. The van der Waals surface area contributed by atoms with Gasteiger partial charge in [-0.15, -0.1) is 0 Å². The highest BCUT2D eigenvalue weighted by molar-refractivity contribution is 4.84. The van der Waals surface area contributed by atoms with E-state index in [1.807, 2.05) is 0 Å². The largest absolute Gasteiger partial charge is 0.415 e. The van der Waals surface area contributed by atoms with Gasteiger partial charge < -0.3 is 15.5 Å². The van der Waals surface area contributed by atoms with E-state index in [4.69, 9.17) is 5.11 Å². The maximum atomic E-state index is 11.9. The first kappa shape index (κ1) is 11.7. The molecule has 1 unspecified atom stereocenters. The van der Waals surface area contributed by atoms with E-state index in [0.29, 0.717) is 12.8 Å². The summed E-state index contributed by atoms with van der Waals surface area (Å²) in [6, 6.07) is -0.313. The van der Waals surface area contributed by atoms with Gasteiger partial charge in [-0.3, -0.25) is 0 Å². The van der Waals surface area contributed by atoms with Crippen molar-refractivity contribution in [1.82, 2.24) is 5.32 Å². The zero-order chi connectivity index (χ0) is 10.8. The third-order valence-electron chi connectivity index (χ3n) is 2.43. The summed E-state index contributed by atoms with van der Waals surface area (Å²) in [5, 5.41) is 20.5. The molecule has 1 rings (SSSR count). The number of hydrogen-bond donors (Lipinski definition) is 3. The second-order valence-electron chi connectivity index (χ2n) is 3.57. The Kier molecular flexibility index (Phi) is 3.74. The topological polar surface area (TPSA) is 52.5 Å². The second-order valence-corrected chi connectivity index (χ2v) is 3.57. The van der Waals surface area contributed by atoms with Gasteiger partial charge in [-0.05, 0) is 19.3 Å². The van der Waals surface area contributed by atoms with Gasteiger partial charge in [-0.2, -0.15) is 13.2 Å². The lowest BCUT2D eigenvalue weighted by molar-refractivity contribution is -0.202. The molecule has 3 atom stereocenters. The molecule has 1 aliphatic rings. The average molecular weight is 213 g/mol. The number of aliphatic hydroxyl groups is 2. The van der Waals surface area contributed by atoms with Crippen molar-refractivity contribution in [2.45, 2.75) is 43.7 Å². The van der Waals surface area contributed by atoms with Crippen molar-refractivity contribution in [2.24, 2.45) is 0 Å². The van der Waals surface area contributed by atoms with Crippen molar-refractivity contribution in [3.63, 3.8) is 0 Å². The molecule has 0 saturated heterocycles. The van der Waals surface area contributed by atoms with E-state index in [0.717, 1.165) is 6.42 Å². The highest BCUT2D eigenvalue weighted by Gasteiger charge is 2.38. The minimum Gasteiger partial charge on any atom is -0.392 e. The van der Waals surface area contributed by atoms with Crippen LogP contribution in [0.15, 0.2) is 0 Å².